The second-order valence-corrected chi connectivity index (χ2v) is 7.23. The molecule has 1 amide bonds. The van der Waals surface area contributed by atoms with E-state index in [0.29, 0.717) is 19.5 Å². The topological polar surface area (TPSA) is 71.0 Å². The molecular formula is C22H28N2O4. The molecule has 0 aliphatic carbocycles. The molecule has 1 fully saturated rings. The number of carbonyl (C=O) groups excluding carboxylic acids is 1. The maximum absolute atomic E-state index is 12.4. The third kappa shape index (κ3) is 5.71. The van der Waals surface area contributed by atoms with Gasteiger partial charge < -0.3 is 19.9 Å². The van der Waals surface area contributed by atoms with Gasteiger partial charge in [-0.15, -0.1) is 0 Å². The second kappa shape index (κ2) is 9.57. The standard InChI is InChI=1S/C22H28N2O4/c1-27-20-11-6-5-8-18(20)14-23-21(25)15-24-13-7-12-22(26,16-24)17-28-19-9-3-2-4-10-19/h2-6,8-11,26H,7,12-17H2,1H3,(H,23,25)/t22-/m0/s1. The fraction of sp³-hybridized carbons (Fsp3) is 0.409. The molecule has 0 aromatic heterocycles. The molecule has 0 bridgehead atoms. The van der Waals surface area contributed by atoms with Gasteiger partial charge >= 0.3 is 0 Å². The van der Waals surface area contributed by atoms with E-state index in [1.165, 1.54) is 0 Å². The largest absolute Gasteiger partial charge is 0.496 e. The number of carbonyl (C=O) groups is 1. The molecule has 1 aliphatic rings. The van der Waals surface area contributed by atoms with Gasteiger partial charge in [-0.05, 0) is 37.6 Å². The van der Waals surface area contributed by atoms with Gasteiger partial charge in [0.05, 0.1) is 13.7 Å². The van der Waals surface area contributed by atoms with Crippen LogP contribution in [-0.4, -0.2) is 54.9 Å². The van der Waals surface area contributed by atoms with Crippen LogP contribution in [0.2, 0.25) is 0 Å². The summed E-state index contributed by atoms with van der Waals surface area (Å²) < 4.78 is 11.1. The quantitative estimate of drug-likeness (QED) is 0.730. The molecule has 0 unspecified atom stereocenters. The molecule has 28 heavy (non-hydrogen) atoms. The fourth-order valence-electron chi connectivity index (χ4n) is 3.50. The number of amides is 1. The summed E-state index contributed by atoms with van der Waals surface area (Å²) in [5.74, 6) is 1.43. The van der Waals surface area contributed by atoms with E-state index in [2.05, 4.69) is 5.32 Å². The van der Waals surface area contributed by atoms with Gasteiger partial charge in [0.15, 0.2) is 0 Å². The number of hydrogen-bond acceptors (Lipinski definition) is 5. The number of β-amino-alcohol motifs (C(OH)–C–C–N with tert-alkyl or cyclic N) is 1. The van der Waals surface area contributed by atoms with Gasteiger partial charge in [-0.1, -0.05) is 36.4 Å². The van der Waals surface area contributed by atoms with Crippen molar-refractivity contribution in [3.8, 4) is 11.5 Å². The monoisotopic (exact) mass is 384 g/mol. The summed E-state index contributed by atoms with van der Waals surface area (Å²) in [7, 11) is 1.62. The van der Waals surface area contributed by atoms with E-state index < -0.39 is 5.60 Å². The van der Waals surface area contributed by atoms with E-state index in [-0.39, 0.29) is 19.1 Å². The Morgan fingerprint density at radius 2 is 1.93 bits per heavy atom. The predicted molar refractivity (Wildman–Crippen MR) is 107 cm³/mol. The molecule has 1 atom stereocenters. The molecule has 0 saturated carbocycles. The van der Waals surface area contributed by atoms with E-state index in [1.54, 1.807) is 7.11 Å². The van der Waals surface area contributed by atoms with Crippen molar-refractivity contribution in [2.45, 2.75) is 25.0 Å². The Balaban J connectivity index is 1.47. The Hall–Kier alpha value is -2.57. The Bertz CT molecular complexity index is 768. The molecule has 3 rings (SSSR count). The van der Waals surface area contributed by atoms with Crippen LogP contribution < -0.4 is 14.8 Å². The Kier molecular flexibility index (Phi) is 6.90. The zero-order valence-corrected chi connectivity index (χ0v) is 16.3. The fourth-order valence-corrected chi connectivity index (χ4v) is 3.50. The van der Waals surface area contributed by atoms with Crippen molar-refractivity contribution >= 4 is 5.91 Å². The highest BCUT2D eigenvalue weighted by Crippen LogP contribution is 2.23. The highest BCUT2D eigenvalue weighted by atomic mass is 16.5. The maximum atomic E-state index is 12.4. The van der Waals surface area contributed by atoms with Crippen LogP contribution in [0.3, 0.4) is 0 Å². The molecule has 150 valence electrons. The maximum Gasteiger partial charge on any atom is 0.234 e. The summed E-state index contributed by atoms with van der Waals surface area (Å²) in [6, 6.07) is 17.1. The van der Waals surface area contributed by atoms with Crippen molar-refractivity contribution in [3.63, 3.8) is 0 Å². The minimum absolute atomic E-state index is 0.0702. The molecule has 2 aromatic carbocycles. The van der Waals surface area contributed by atoms with E-state index >= 15 is 0 Å². The number of para-hydroxylation sites is 2. The Labute approximate surface area is 166 Å². The molecular weight excluding hydrogens is 356 g/mol. The van der Waals surface area contributed by atoms with Crippen molar-refractivity contribution in [1.82, 2.24) is 10.2 Å². The van der Waals surface area contributed by atoms with Gasteiger partial charge in [0, 0.05) is 18.7 Å². The summed E-state index contributed by atoms with van der Waals surface area (Å²) in [6.45, 7) is 2.09. The molecule has 2 aromatic rings. The third-order valence-corrected chi connectivity index (χ3v) is 4.92. The van der Waals surface area contributed by atoms with Crippen LogP contribution in [0.15, 0.2) is 54.6 Å². The molecule has 0 spiro atoms. The Morgan fingerprint density at radius 3 is 2.71 bits per heavy atom. The number of piperidine rings is 1. The number of rotatable bonds is 8. The number of methoxy groups -OCH3 is 1. The number of hydrogen-bond donors (Lipinski definition) is 2. The number of nitrogens with zero attached hydrogens (tertiary/aromatic N) is 1. The van der Waals surface area contributed by atoms with Crippen molar-refractivity contribution in [2.75, 3.05) is 33.4 Å². The van der Waals surface area contributed by atoms with Crippen LogP contribution in [0, 0.1) is 0 Å². The van der Waals surface area contributed by atoms with Crippen molar-refractivity contribution in [2.24, 2.45) is 0 Å². The van der Waals surface area contributed by atoms with Gasteiger partial charge in [0.25, 0.3) is 0 Å². The van der Waals surface area contributed by atoms with Gasteiger partial charge in [0.1, 0.15) is 23.7 Å². The van der Waals surface area contributed by atoms with Crippen LogP contribution in [-0.2, 0) is 11.3 Å². The van der Waals surface area contributed by atoms with Gasteiger partial charge in [-0.25, -0.2) is 0 Å². The lowest BCUT2D eigenvalue weighted by atomic mass is 9.93. The molecule has 6 nitrogen and oxygen atoms in total. The van der Waals surface area contributed by atoms with Crippen LogP contribution in [0.25, 0.3) is 0 Å². The SMILES string of the molecule is COc1ccccc1CNC(=O)CN1CCC[C@@](O)(COc2ccccc2)C1. The number of likely N-dealkylation sites (tertiary alicyclic amines) is 1. The normalized spacial score (nSPS) is 19.8. The lowest BCUT2D eigenvalue weighted by molar-refractivity contribution is -0.124. The number of ether oxygens (including phenoxy) is 2. The summed E-state index contributed by atoms with van der Waals surface area (Å²) in [4.78, 5) is 14.3. The van der Waals surface area contributed by atoms with Crippen molar-refractivity contribution in [1.29, 1.82) is 0 Å². The molecule has 1 saturated heterocycles. The summed E-state index contributed by atoms with van der Waals surface area (Å²) in [6.07, 6.45) is 1.49. The van der Waals surface area contributed by atoms with Crippen molar-refractivity contribution in [3.05, 3.63) is 60.2 Å². The zero-order valence-electron chi connectivity index (χ0n) is 16.3. The van der Waals surface area contributed by atoms with Gasteiger partial charge in [0.2, 0.25) is 5.91 Å². The van der Waals surface area contributed by atoms with E-state index in [0.717, 1.165) is 30.0 Å². The molecule has 2 N–H and O–H groups in total. The highest BCUT2D eigenvalue weighted by molar-refractivity contribution is 5.78. The van der Waals surface area contributed by atoms with E-state index in [9.17, 15) is 9.90 Å². The van der Waals surface area contributed by atoms with Gasteiger partial charge in [-0.3, -0.25) is 9.69 Å². The van der Waals surface area contributed by atoms with Crippen LogP contribution in [0.1, 0.15) is 18.4 Å². The highest BCUT2D eigenvalue weighted by Gasteiger charge is 2.34. The van der Waals surface area contributed by atoms with Crippen molar-refractivity contribution < 1.29 is 19.4 Å². The van der Waals surface area contributed by atoms with Crippen LogP contribution in [0.5, 0.6) is 11.5 Å². The number of nitrogens with one attached hydrogen (secondary N) is 1. The molecule has 6 heteroatoms. The first kappa shape index (κ1) is 20.2. The first-order valence-corrected chi connectivity index (χ1v) is 9.59. The minimum atomic E-state index is -0.947. The van der Waals surface area contributed by atoms with E-state index in [1.807, 2.05) is 59.5 Å². The minimum Gasteiger partial charge on any atom is -0.496 e. The molecule has 0 radical (unpaired) electrons. The first-order chi connectivity index (χ1) is 13.6. The Morgan fingerprint density at radius 1 is 1.18 bits per heavy atom. The van der Waals surface area contributed by atoms with Crippen LogP contribution >= 0.6 is 0 Å². The summed E-state index contributed by atoms with van der Waals surface area (Å²) >= 11 is 0. The average molecular weight is 384 g/mol. The van der Waals surface area contributed by atoms with E-state index in [4.69, 9.17) is 9.47 Å². The number of benzene rings is 2. The predicted octanol–water partition coefficient (Wildman–Crippen LogP) is 2.22. The molecule has 1 aliphatic heterocycles. The zero-order chi connectivity index (χ0) is 19.8. The smallest absolute Gasteiger partial charge is 0.234 e. The first-order valence-electron chi connectivity index (χ1n) is 9.59. The number of aliphatic hydroxyl groups is 1. The summed E-state index contributed by atoms with van der Waals surface area (Å²) in [5, 5.41) is 13.8. The lowest BCUT2D eigenvalue weighted by Crippen LogP contribution is -2.53. The van der Waals surface area contributed by atoms with Crippen LogP contribution in [0.4, 0.5) is 0 Å². The summed E-state index contributed by atoms with van der Waals surface area (Å²) in [5.41, 5.74) is -0.0124. The third-order valence-electron chi connectivity index (χ3n) is 4.92. The molecule has 1 heterocycles. The lowest BCUT2D eigenvalue weighted by Gasteiger charge is -2.38. The van der Waals surface area contributed by atoms with Gasteiger partial charge in [-0.2, -0.15) is 0 Å². The average Bonchev–Trinajstić information content (AvgIpc) is 2.72. The second-order valence-electron chi connectivity index (χ2n) is 7.23.